The molecule has 3 rings (SSSR count). The van der Waals surface area contributed by atoms with Gasteiger partial charge in [-0.3, -0.25) is 4.79 Å². The number of thiazole rings is 1. The molecule has 0 spiro atoms. The quantitative estimate of drug-likeness (QED) is 0.787. The Morgan fingerprint density at radius 3 is 2.77 bits per heavy atom. The first-order valence-electron chi connectivity index (χ1n) is 6.80. The second kappa shape index (κ2) is 6.53. The van der Waals surface area contributed by atoms with Crippen LogP contribution >= 0.6 is 11.3 Å². The number of halogens is 1. The largest absolute Gasteiger partial charge is 0.352 e. The number of aromatic nitrogens is 2. The number of carbonyl (C=O) groups is 1. The molecule has 0 aliphatic heterocycles. The summed E-state index contributed by atoms with van der Waals surface area (Å²) in [5.74, 6) is -0.487. The van der Waals surface area contributed by atoms with E-state index in [1.54, 1.807) is 18.2 Å². The van der Waals surface area contributed by atoms with Gasteiger partial charge in [0.25, 0.3) is 0 Å². The maximum Gasteiger partial charge on any atom is 0.226 e. The summed E-state index contributed by atoms with van der Waals surface area (Å²) >= 11 is 1.48. The Balaban J connectivity index is 1.57. The van der Waals surface area contributed by atoms with Gasteiger partial charge in [-0.15, -0.1) is 11.3 Å². The van der Waals surface area contributed by atoms with Crippen molar-refractivity contribution in [3.05, 3.63) is 71.2 Å². The van der Waals surface area contributed by atoms with Gasteiger partial charge < -0.3 is 9.88 Å². The van der Waals surface area contributed by atoms with Crippen LogP contribution in [0.5, 0.6) is 0 Å². The fourth-order valence-electron chi connectivity index (χ4n) is 2.02. The highest BCUT2D eigenvalue weighted by atomic mass is 32.1. The summed E-state index contributed by atoms with van der Waals surface area (Å²) in [6, 6.07) is 10.2. The van der Waals surface area contributed by atoms with Crippen LogP contribution in [0.2, 0.25) is 0 Å². The molecule has 1 N–H and O–H groups in total. The Kier molecular flexibility index (Phi) is 4.29. The molecule has 0 aliphatic carbocycles. The van der Waals surface area contributed by atoms with E-state index in [0.29, 0.717) is 11.3 Å². The number of nitrogens with one attached hydrogen (secondary N) is 1. The van der Waals surface area contributed by atoms with E-state index in [-0.39, 0.29) is 24.7 Å². The summed E-state index contributed by atoms with van der Waals surface area (Å²) in [6.45, 7) is 0.181. The summed E-state index contributed by atoms with van der Waals surface area (Å²) in [4.78, 5) is 16.3. The van der Waals surface area contributed by atoms with Gasteiger partial charge in [0, 0.05) is 29.9 Å². The summed E-state index contributed by atoms with van der Waals surface area (Å²) in [6.07, 6.45) is 3.99. The topological polar surface area (TPSA) is 46.9 Å². The highest BCUT2D eigenvalue weighted by Gasteiger charge is 2.09. The van der Waals surface area contributed by atoms with E-state index < -0.39 is 0 Å². The van der Waals surface area contributed by atoms with Crippen molar-refractivity contribution in [2.45, 2.75) is 13.0 Å². The van der Waals surface area contributed by atoms with Crippen molar-refractivity contribution in [2.75, 3.05) is 0 Å². The first-order valence-corrected chi connectivity index (χ1v) is 7.68. The van der Waals surface area contributed by atoms with Crippen molar-refractivity contribution in [3.63, 3.8) is 0 Å². The van der Waals surface area contributed by atoms with Crippen LogP contribution in [0.25, 0.3) is 5.13 Å². The van der Waals surface area contributed by atoms with Gasteiger partial charge in [0.2, 0.25) is 5.91 Å². The zero-order valence-electron chi connectivity index (χ0n) is 11.7. The van der Waals surface area contributed by atoms with Crippen LogP contribution in [-0.2, 0) is 17.8 Å². The van der Waals surface area contributed by atoms with Crippen molar-refractivity contribution in [1.82, 2.24) is 14.9 Å². The van der Waals surface area contributed by atoms with Gasteiger partial charge in [-0.25, -0.2) is 9.37 Å². The number of rotatable bonds is 5. The number of benzene rings is 1. The van der Waals surface area contributed by atoms with Gasteiger partial charge in [-0.2, -0.15) is 0 Å². The molecule has 0 atom stereocenters. The van der Waals surface area contributed by atoms with E-state index in [9.17, 15) is 9.18 Å². The van der Waals surface area contributed by atoms with Gasteiger partial charge in [0.1, 0.15) is 5.82 Å². The molecule has 0 radical (unpaired) electrons. The van der Waals surface area contributed by atoms with Crippen molar-refractivity contribution >= 4 is 17.2 Å². The molecule has 2 heterocycles. The van der Waals surface area contributed by atoms with Crippen LogP contribution in [0.15, 0.2) is 54.2 Å². The van der Waals surface area contributed by atoms with Gasteiger partial charge in [0.15, 0.2) is 5.13 Å². The third-order valence-corrected chi connectivity index (χ3v) is 4.04. The molecular weight excluding hydrogens is 301 g/mol. The molecule has 0 saturated heterocycles. The van der Waals surface area contributed by atoms with E-state index in [1.807, 2.05) is 34.5 Å². The molecule has 1 amide bonds. The maximum atomic E-state index is 13.5. The lowest BCUT2D eigenvalue weighted by Gasteiger charge is -2.05. The van der Waals surface area contributed by atoms with Crippen LogP contribution in [-0.4, -0.2) is 15.5 Å². The zero-order valence-corrected chi connectivity index (χ0v) is 12.5. The second-order valence-electron chi connectivity index (χ2n) is 4.76. The maximum absolute atomic E-state index is 13.5. The average Bonchev–Trinajstić information content (AvgIpc) is 3.17. The highest BCUT2D eigenvalue weighted by Crippen LogP contribution is 2.15. The first kappa shape index (κ1) is 14.5. The molecule has 0 aliphatic rings. The van der Waals surface area contributed by atoms with Gasteiger partial charge >= 0.3 is 0 Å². The van der Waals surface area contributed by atoms with Gasteiger partial charge in [-0.05, 0) is 18.2 Å². The van der Waals surface area contributed by atoms with Crippen LogP contribution < -0.4 is 5.32 Å². The van der Waals surface area contributed by atoms with Crippen molar-refractivity contribution in [3.8, 4) is 5.13 Å². The minimum Gasteiger partial charge on any atom is -0.352 e. The lowest BCUT2D eigenvalue weighted by molar-refractivity contribution is -0.120. The lowest BCUT2D eigenvalue weighted by Crippen LogP contribution is -2.25. The Bertz CT molecular complexity index is 767. The van der Waals surface area contributed by atoms with Crippen LogP contribution in [0.1, 0.15) is 11.3 Å². The van der Waals surface area contributed by atoms with Gasteiger partial charge in [-0.1, -0.05) is 18.2 Å². The fraction of sp³-hybridized carbons (Fsp3) is 0.125. The summed E-state index contributed by atoms with van der Waals surface area (Å²) in [5, 5.41) is 5.39. The normalized spacial score (nSPS) is 10.6. The Labute approximate surface area is 131 Å². The molecule has 0 bridgehead atoms. The van der Waals surface area contributed by atoms with E-state index in [4.69, 9.17) is 0 Å². The molecule has 0 saturated carbocycles. The molecule has 22 heavy (non-hydrogen) atoms. The number of hydrogen-bond acceptors (Lipinski definition) is 3. The Morgan fingerprint density at radius 2 is 2.00 bits per heavy atom. The number of amides is 1. The molecule has 2 aromatic heterocycles. The predicted octanol–water partition coefficient (Wildman–Crippen LogP) is 2.93. The van der Waals surface area contributed by atoms with Crippen molar-refractivity contribution < 1.29 is 9.18 Å². The van der Waals surface area contributed by atoms with Crippen LogP contribution in [0.3, 0.4) is 0 Å². The average molecular weight is 315 g/mol. The fourth-order valence-corrected chi connectivity index (χ4v) is 2.81. The predicted molar refractivity (Wildman–Crippen MR) is 83.4 cm³/mol. The first-order chi connectivity index (χ1) is 10.7. The third kappa shape index (κ3) is 3.40. The van der Waals surface area contributed by atoms with Crippen LogP contribution in [0, 0.1) is 5.82 Å². The molecule has 112 valence electrons. The molecule has 6 heteroatoms. The van der Waals surface area contributed by atoms with E-state index in [1.165, 1.54) is 17.4 Å². The molecule has 1 aromatic carbocycles. The summed E-state index contributed by atoms with van der Waals surface area (Å²) < 4.78 is 15.4. The summed E-state index contributed by atoms with van der Waals surface area (Å²) in [7, 11) is 0. The lowest BCUT2D eigenvalue weighted by atomic mass is 10.2. The molecule has 4 nitrogen and oxygen atoms in total. The standard InChI is InChI=1S/C16H14FN3OS/c17-14-6-2-1-5-12(14)10-18-15(21)9-13-11-22-16(19-13)20-7-3-4-8-20/h1-8,11H,9-10H2,(H,18,21). The molecule has 0 unspecified atom stereocenters. The zero-order chi connectivity index (χ0) is 15.4. The molecule has 0 fully saturated rings. The second-order valence-corrected chi connectivity index (χ2v) is 5.59. The monoisotopic (exact) mass is 315 g/mol. The smallest absolute Gasteiger partial charge is 0.226 e. The summed E-state index contributed by atoms with van der Waals surface area (Å²) in [5.41, 5.74) is 1.18. The molecule has 3 aromatic rings. The van der Waals surface area contributed by atoms with E-state index in [0.717, 1.165) is 5.13 Å². The minimum atomic E-state index is -0.314. The van der Waals surface area contributed by atoms with E-state index >= 15 is 0 Å². The number of carbonyl (C=O) groups excluding carboxylic acids is 1. The Morgan fingerprint density at radius 1 is 1.23 bits per heavy atom. The highest BCUT2D eigenvalue weighted by molar-refractivity contribution is 7.12. The molecular formula is C16H14FN3OS. The third-order valence-electron chi connectivity index (χ3n) is 3.14. The number of nitrogens with zero attached hydrogens (tertiary/aromatic N) is 2. The van der Waals surface area contributed by atoms with E-state index in [2.05, 4.69) is 10.3 Å². The Hall–Kier alpha value is -2.47. The van der Waals surface area contributed by atoms with Gasteiger partial charge in [0.05, 0.1) is 12.1 Å². The van der Waals surface area contributed by atoms with Crippen LogP contribution in [0.4, 0.5) is 4.39 Å². The SMILES string of the molecule is O=C(Cc1csc(-n2cccc2)n1)NCc1ccccc1F. The minimum absolute atomic E-state index is 0.174. The van der Waals surface area contributed by atoms with Crippen molar-refractivity contribution in [2.24, 2.45) is 0 Å². The van der Waals surface area contributed by atoms with Crippen molar-refractivity contribution in [1.29, 1.82) is 0 Å². The number of hydrogen-bond donors (Lipinski definition) is 1.